The van der Waals surface area contributed by atoms with E-state index in [-0.39, 0.29) is 11.8 Å². The van der Waals surface area contributed by atoms with Crippen LogP contribution in [0.4, 0.5) is 0 Å². The highest BCUT2D eigenvalue weighted by atomic mass is 16.2. The lowest BCUT2D eigenvalue weighted by Gasteiger charge is -2.46. The summed E-state index contributed by atoms with van der Waals surface area (Å²) in [7, 11) is 2.20. The van der Waals surface area contributed by atoms with E-state index >= 15 is 0 Å². The average molecular weight is 295 g/mol. The molecule has 0 bridgehead atoms. The van der Waals surface area contributed by atoms with Gasteiger partial charge in [0.2, 0.25) is 11.8 Å². The zero-order valence-electron chi connectivity index (χ0n) is 13.5. The van der Waals surface area contributed by atoms with Crippen LogP contribution >= 0.6 is 0 Å². The third kappa shape index (κ3) is 4.70. The van der Waals surface area contributed by atoms with Gasteiger partial charge in [0, 0.05) is 33.0 Å². The van der Waals surface area contributed by atoms with Crippen LogP contribution in [0.3, 0.4) is 0 Å². The van der Waals surface area contributed by atoms with Crippen LogP contribution in [0.1, 0.15) is 45.4 Å². The van der Waals surface area contributed by atoms with Gasteiger partial charge in [-0.1, -0.05) is 0 Å². The van der Waals surface area contributed by atoms with Gasteiger partial charge in [-0.2, -0.15) is 0 Å². The monoisotopic (exact) mass is 295 g/mol. The standard InChI is InChI=1S/C16H29N3O2/c1-14(20)17-9-3-4-15(21)19-12-7-16(8-13-19)5-10-18(2)11-6-16/h3-13H2,1-2H3,(H,17,20). The van der Waals surface area contributed by atoms with Crippen LogP contribution < -0.4 is 5.32 Å². The van der Waals surface area contributed by atoms with Gasteiger partial charge < -0.3 is 15.1 Å². The summed E-state index contributed by atoms with van der Waals surface area (Å²) in [4.78, 5) is 27.4. The number of hydrogen-bond acceptors (Lipinski definition) is 3. The van der Waals surface area contributed by atoms with E-state index in [0.29, 0.717) is 18.4 Å². The number of carbonyl (C=O) groups excluding carboxylic acids is 2. The maximum absolute atomic E-state index is 12.2. The molecule has 120 valence electrons. The lowest BCUT2D eigenvalue weighted by atomic mass is 9.71. The van der Waals surface area contributed by atoms with Crippen molar-refractivity contribution in [3.8, 4) is 0 Å². The fraction of sp³-hybridized carbons (Fsp3) is 0.875. The Balaban J connectivity index is 1.68. The quantitative estimate of drug-likeness (QED) is 0.794. The first-order chi connectivity index (χ1) is 10.0. The summed E-state index contributed by atoms with van der Waals surface area (Å²) in [6.45, 7) is 6.35. The number of nitrogens with zero attached hydrogens (tertiary/aromatic N) is 2. The van der Waals surface area contributed by atoms with Gasteiger partial charge in [0.1, 0.15) is 0 Å². The van der Waals surface area contributed by atoms with Crippen molar-refractivity contribution >= 4 is 11.8 Å². The van der Waals surface area contributed by atoms with E-state index in [1.54, 1.807) is 0 Å². The zero-order chi connectivity index (χ0) is 15.3. The van der Waals surface area contributed by atoms with Crippen molar-refractivity contribution in [2.45, 2.75) is 45.4 Å². The third-order valence-corrected chi connectivity index (χ3v) is 5.17. The highest BCUT2D eigenvalue weighted by Crippen LogP contribution is 2.40. The minimum atomic E-state index is -0.0235. The Bertz CT molecular complexity index is 366. The van der Waals surface area contributed by atoms with Gasteiger partial charge in [-0.05, 0) is 57.7 Å². The van der Waals surface area contributed by atoms with Gasteiger partial charge in [-0.15, -0.1) is 0 Å². The SMILES string of the molecule is CC(=O)NCCCC(=O)N1CCC2(CCN(C)CC2)CC1. The number of likely N-dealkylation sites (tertiary alicyclic amines) is 2. The molecule has 2 aliphatic rings. The second-order valence-corrected chi connectivity index (χ2v) is 6.77. The normalized spacial score (nSPS) is 22.3. The second-order valence-electron chi connectivity index (χ2n) is 6.77. The third-order valence-electron chi connectivity index (χ3n) is 5.17. The minimum Gasteiger partial charge on any atom is -0.356 e. The van der Waals surface area contributed by atoms with E-state index < -0.39 is 0 Å². The zero-order valence-corrected chi connectivity index (χ0v) is 13.5. The van der Waals surface area contributed by atoms with E-state index in [0.717, 1.165) is 32.4 Å². The van der Waals surface area contributed by atoms with E-state index in [2.05, 4.69) is 17.3 Å². The molecule has 2 fully saturated rings. The highest BCUT2D eigenvalue weighted by molar-refractivity contribution is 5.76. The largest absolute Gasteiger partial charge is 0.356 e. The van der Waals surface area contributed by atoms with Crippen molar-refractivity contribution in [2.24, 2.45) is 5.41 Å². The Labute approximate surface area is 128 Å². The van der Waals surface area contributed by atoms with Crippen LogP contribution in [-0.4, -0.2) is 61.4 Å². The first-order valence-electron chi connectivity index (χ1n) is 8.22. The summed E-state index contributed by atoms with van der Waals surface area (Å²) in [5.41, 5.74) is 0.499. The predicted octanol–water partition coefficient (Wildman–Crippen LogP) is 1.24. The maximum Gasteiger partial charge on any atom is 0.222 e. The molecular weight excluding hydrogens is 266 g/mol. The Hall–Kier alpha value is -1.10. The van der Waals surface area contributed by atoms with E-state index in [1.807, 2.05) is 4.90 Å². The fourth-order valence-electron chi connectivity index (χ4n) is 3.49. The molecule has 2 saturated heterocycles. The summed E-state index contributed by atoms with van der Waals surface area (Å²) in [6.07, 6.45) is 6.19. The summed E-state index contributed by atoms with van der Waals surface area (Å²) < 4.78 is 0. The highest BCUT2D eigenvalue weighted by Gasteiger charge is 2.37. The number of carbonyl (C=O) groups is 2. The topological polar surface area (TPSA) is 52.7 Å². The first-order valence-corrected chi connectivity index (χ1v) is 8.22. The number of nitrogens with one attached hydrogen (secondary N) is 1. The molecule has 0 saturated carbocycles. The van der Waals surface area contributed by atoms with Gasteiger partial charge in [0.05, 0.1) is 0 Å². The second kappa shape index (κ2) is 7.25. The van der Waals surface area contributed by atoms with E-state index in [1.165, 1.54) is 32.9 Å². The molecule has 2 heterocycles. The van der Waals surface area contributed by atoms with E-state index in [4.69, 9.17) is 0 Å². The molecule has 0 aliphatic carbocycles. The Kier molecular flexibility index (Phi) is 5.62. The van der Waals surface area contributed by atoms with Gasteiger partial charge in [-0.25, -0.2) is 0 Å². The molecule has 0 aromatic rings. The maximum atomic E-state index is 12.2. The van der Waals surface area contributed by atoms with Crippen LogP contribution in [0.5, 0.6) is 0 Å². The average Bonchev–Trinajstić information content (AvgIpc) is 2.47. The fourth-order valence-corrected chi connectivity index (χ4v) is 3.49. The molecule has 2 amide bonds. The lowest BCUT2D eigenvalue weighted by molar-refractivity contribution is -0.134. The van der Waals surface area contributed by atoms with Crippen LogP contribution in [0, 0.1) is 5.41 Å². The van der Waals surface area contributed by atoms with Crippen molar-refractivity contribution < 1.29 is 9.59 Å². The molecule has 0 atom stereocenters. The van der Waals surface area contributed by atoms with Gasteiger partial charge in [0.15, 0.2) is 0 Å². The van der Waals surface area contributed by atoms with Gasteiger partial charge >= 0.3 is 0 Å². The molecule has 0 aromatic heterocycles. The van der Waals surface area contributed by atoms with Crippen LogP contribution in [-0.2, 0) is 9.59 Å². The number of rotatable bonds is 4. The van der Waals surface area contributed by atoms with Crippen LogP contribution in [0.2, 0.25) is 0 Å². The molecule has 1 N–H and O–H groups in total. The van der Waals surface area contributed by atoms with E-state index in [9.17, 15) is 9.59 Å². The smallest absolute Gasteiger partial charge is 0.222 e. The molecule has 2 rings (SSSR count). The predicted molar refractivity (Wildman–Crippen MR) is 82.9 cm³/mol. The summed E-state index contributed by atoms with van der Waals surface area (Å²) in [6, 6.07) is 0. The van der Waals surface area contributed by atoms with Crippen molar-refractivity contribution in [3.05, 3.63) is 0 Å². The Morgan fingerprint density at radius 2 is 1.62 bits per heavy atom. The van der Waals surface area contributed by atoms with Gasteiger partial charge in [-0.3, -0.25) is 9.59 Å². The number of hydrogen-bond donors (Lipinski definition) is 1. The molecule has 0 radical (unpaired) electrons. The number of piperidine rings is 2. The molecular formula is C16H29N3O2. The van der Waals surface area contributed by atoms with Crippen molar-refractivity contribution in [1.82, 2.24) is 15.1 Å². The van der Waals surface area contributed by atoms with Gasteiger partial charge in [0.25, 0.3) is 0 Å². The summed E-state index contributed by atoms with van der Waals surface area (Å²) in [5.74, 6) is 0.229. The lowest BCUT2D eigenvalue weighted by Crippen LogP contribution is -2.47. The molecule has 0 aromatic carbocycles. The minimum absolute atomic E-state index is 0.0235. The van der Waals surface area contributed by atoms with Crippen LogP contribution in [0.15, 0.2) is 0 Å². The molecule has 5 heteroatoms. The van der Waals surface area contributed by atoms with Crippen LogP contribution in [0.25, 0.3) is 0 Å². The summed E-state index contributed by atoms with van der Waals surface area (Å²) >= 11 is 0. The molecule has 21 heavy (non-hydrogen) atoms. The van der Waals surface area contributed by atoms with Crippen molar-refractivity contribution in [1.29, 1.82) is 0 Å². The molecule has 0 unspecified atom stereocenters. The Morgan fingerprint density at radius 1 is 1.05 bits per heavy atom. The molecule has 2 aliphatic heterocycles. The number of amides is 2. The molecule has 5 nitrogen and oxygen atoms in total. The van der Waals surface area contributed by atoms with Crippen molar-refractivity contribution in [2.75, 3.05) is 39.8 Å². The first kappa shape index (κ1) is 16.3. The van der Waals surface area contributed by atoms with Crippen molar-refractivity contribution in [3.63, 3.8) is 0 Å². The Morgan fingerprint density at radius 3 is 2.19 bits per heavy atom. The summed E-state index contributed by atoms with van der Waals surface area (Å²) in [5, 5.41) is 2.74. The molecule has 1 spiro atoms.